The highest BCUT2D eigenvalue weighted by atomic mass is 127. The van der Waals surface area contributed by atoms with Gasteiger partial charge >= 0.3 is 0 Å². The van der Waals surface area contributed by atoms with E-state index in [1.54, 1.807) is 30.5 Å². The number of H-pyrrole nitrogens is 1. The number of hydrogen-bond acceptors (Lipinski definition) is 3. The molecule has 4 nitrogen and oxygen atoms in total. The maximum Gasteiger partial charge on any atom is 0.258 e. The predicted octanol–water partition coefficient (Wildman–Crippen LogP) is 5.11. The van der Waals surface area contributed by atoms with Gasteiger partial charge in [-0.25, -0.2) is 13.8 Å². The topological polar surface area (TPSA) is 58.6 Å². The minimum Gasteiger partial charge on any atom is -0.310 e. The lowest BCUT2D eigenvalue weighted by molar-refractivity contribution is 0.584. The van der Waals surface area contributed by atoms with Crippen LogP contribution in [0.2, 0.25) is 5.02 Å². The zero-order valence-electron chi connectivity index (χ0n) is 14.1. The van der Waals surface area contributed by atoms with Crippen molar-refractivity contribution in [2.45, 2.75) is 6.42 Å². The normalized spacial score (nSPS) is 11.1. The molecule has 0 bridgehead atoms. The van der Waals surface area contributed by atoms with E-state index in [0.29, 0.717) is 39.4 Å². The zero-order valence-corrected chi connectivity index (χ0v) is 17.1. The fourth-order valence-corrected chi connectivity index (χ4v) is 4.04. The molecule has 0 radical (unpaired) electrons. The van der Waals surface area contributed by atoms with Crippen LogP contribution < -0.4 is 5.56 Å². The highest BCUT2D eigenvalue weighted by molar-refractivity contribution is 14.1. The number of nitrogens with one attached hydrogen (secondary N) is 1. The van der Waals surface area contributed by atoms with Crippen molar-refractivity contribution in [2.75, 3.05) is 0 Å². The predicted molar refractivity (Wildman–Crippen MR) is 112 cm³/mol. The highest BCUT2D eigenvalue weighted by Gasteiger charge is 2.10. The summed E-state index contributed by atoms with van der Waals surface area (Å²) in [5.41, 5.74) is 1.93. The lowest BCUT2D eigenvalue weighted by Crippen LogP contribution is -2.13. The molecule has 2 aromatic heterocycles. The summed E-state index contributed by atoms with van der Waals surface area (Å²) in [6.45, 7) is 0. The number of halogens is 4. The van der Waals surface area contributed by atoms with Gasteiger partial charge in [0.25, 0.3) is 5.56 Å². The molecule has 0 fully saturated rings. The molecule has 0 spiro atoms. The van der Waals surface area contributed by atoms with Crippen molar-refractivity contribution in [3.05, 3.63) is 90.6 Å². The minimum absolute atomic E-state index is 0.264. The van der Waals surface area contributed by atoms with Crippen molar-refractivity contribution in [2.24, 2.45) is 0 Å². The van der Waals surface area contributed by atoms with Gasteiger partial charge in [0, 0.05) is 32.8 Å². The first-order valence-electron chi connectivity index (χ1n) is 8.18. The Morgan fingerprint density at radius 3 is 2.50 bits per heavy atom. The van der Waals surface area contributed by atoms with Gasteiger partial charge in [0.15, 0.2) is 0 Å². The summed E-state index contributed by atoms with van der Waals surface area (Å²) in [6.07, 6.45) is 1.95. The molecule has 2 heterocycles. The fraction of sp³-hybridized carbons (Fsp3) is 0.0500. The van der Waals surface area contributed by atoms with Gasteiger partial charge in [0.1, 0.15) is 17.5 Å². The van der Waals surface area contributed by atoms with Gasteiger partial charge in [0.05, 0.1) is 16.6 Å². The highest BCUT2D eigenvalue weighted by Crippen LogP contribution is 2.23. The van der Waals surface area contributed by atoms with Gasteiger partial charge in [-0.05, 0) is 58.5 Å². The van der Waals surface area contributed by atoms with Gasteiger partial charge in [-0.3, -0.25) is 9.78 Å². The maximum atomic E-state index is 13.4. The summed E-state index contributed by atoms with van der Waals surface area (Å²) >= 11 is 8.10. The Kier molecular flexibility index (Phi) is 5.11. The molecule has 140 valence electrons. The average Bonchev–Trinajstić information content (AvgIpc) is 2.63. The van der Waals surface area contributed by atoms with Crippen LogP contribution in [0.15, 0.2) is 53.5 Å². The summed E-state index contributed by atoms with van der Waals surface area (Å²) < 4.78 is 27.6. The van der Waals surface area contributed by atoms with Crippen LogP contribution in [0.25, 0.3) is 22.2 Å². The fourth-order valence-electron chi connectivity index (χ4n) is 2.89. The Bertz CT molecular complexity index is 1240. The summed E-state index contributed by atoms with van der Waals surface area (Å²) in [4.78, 5) is 23.9. The lowest BCUT2D eigenvalue weighted by Gasteiger charge is -2.07. The van der Waals surface area contributed by atoms with Crippen molar-refractivity contribution >= 4 is 45.1 Å². The number of rotatable bonds is 3. The van der Waals surface area contributed by atoms with Crippen molar-refractivity contribution in [3.8, 4) is 11.3 Å². The van der Waals surface area contributed by atoms with E-state index < -0.39 is 11.6 Å². The number of hydrogen-bond donors (Lipinski definition) is 1. The van der Waals surface area contributed by atoms with Gasteiger partial charge in [0.2, 0.25) is 0 Å². The second-order valence-electron chi connectivity index (χ2n) is 6.18. The van der Waals surface area contributed by atoms with Crippen LogP contribution in [0.3, 0.4) is 0 Å². The van der Waals surface area contributed by atoms with Crippen molar-refractivity contribution < 1.29 is 8.78 Å². The van der Waals surface area contributed by atoms with E-state index >= 15 is 0 Å². The summed E-state index contributed by atoms with van der Waals surface area (Å²) in [6, 6.07) is 10.0. The van der Waals surface area contributed by atoms with Crippen LogP contribution in [0.1, 0.15) is 11.4 Å². The van der Waals surface area contributed by atoms with Crippen molar-refractivity contribution in [1.29, 1.82) is 0 Å². The molecule has 0 amide bonds. The number of benzene rings is 2. The standard InChI is InChI=1S/C20H11ClF2IN3O/c21-12-6-15-19(16(24)7-12)26-18(27-20(15)28)3-10-1-2-17(25-9-10)11-4-13(22)8-14(23)5-11/h1-2,4-9H,3H2,(H,26,27,28). The third-order valence-corrected chi connectivity index (χ3v) is 5.17. The molecule has 8 heteroatoms. The van der Waals surface area contributed by atoms with Crippen molar-refractivity contribution in [3.63, 3.8) is 0 Å². The van der Waals surface area contributed by atoms with Crippen molar-refractivity contribution in [1.82, 2.24) is 15.0 Å². The first-order valence-corrected chi connectivity index (χ1v) is 9.64. The molecule has 4 aromatic rings. The zero-order chi connectivity index (χ0) is 19.8. The molecule has 2 aromatic carbocycles. The Labute approximate surface area is 176 Å². The Balaban J connectivity index is 1.65. The number of fused-ring (bicyclic) bond motifs is 1. The molecular formula is C20H11ClF2IN3O. The smallest absolute Gasteiger partial charge is 0.258 e. The third-order valence-electron chi connectivity index (χ3n) is 4.13. The molecule has 0 aliphatic rings. The van der Waals surface area contributed by atoms with E-state index in [4.69, 9.17) is 11.6 Å². The van der Waals surface area contributed by atoms with E-state index in [1.165, 1.54) is 12.1 Å². The average molecular weight is 510 g/mol. The van der Waals surface area contributed by atoms with Gasteiger partial charge in [-0.1, -0.05) is 17.7 Å². The molecule has 28 heavy (non-hydrogen) atoms. The van der Waals surface area contributed by atoms with Crippen LogP contribution in [0.5, 0.6) is 0 Å². The summed E-state index contributed by atoms with van der Waals surface area (Å²) in [7, 11) is 0. The molecular weight excluding hydrogens is 499 g/mol. The Morgan fingerprint density at radius 2 is 1.82 bits per heavy atom. The first kappa shape index (κ1) is 18.9. The first-order chi connectivity index (χ1) is 13.4. The molecule has 1 N–H and O–H groups in total. The largest absolute Gasteiger partial charge is 0.310 e. The second-order valence-corrected chi connectivity index (χ2v) is 7.78. The second kappa shape index (κ2) is 7.56. The van der Waals surface area contributed by atoms with E-state index in [2.05, 4.69) is 37.5 Å². The number of aromatic amines is 1. The van der Waals surface area contributed by atoms with Crippen LogP contribution in [-0.2, 0) is 6.42 Å². The lowest BCUT2D eigenvalue weighted by atomic mass is 10.1. The summed E-state index contributed by atoms with van der Waals surface area (Å²) in [5.74, 6) is -0.828. The Hall–Kier alpha value is -2.39. The summed E-state index contributed by atoms with van der Waals surface area (Å²) in [5, 5.41) is 0.910. The van der Waals surface area contributed by atoms with E-state index in [1.807, 2.05) is 0 Å². The molecule has 0 unspecified atom stereocenters. The Morgan fingerprint density at radius 1 is 1.07 bits per heavy atom. The molecule has 0 atom stereocenters. The van der Waals surface area contributed by atoms with Crippen LogP contribution >= 0.6 is 34.2 Å². The van der Waals surface area contributed by atoms with E-state index in [-0.39, 0.29) is 5.56 Å². The van der Waals surface area contributed by atoms with E-state index in [9.17, 15) is 13.6 Å². The van der Waals surface area contributed by atoms with Crippen LogP contribution in [0.4, 0.5) is 8.78 Å². The number of pyridine rings is 1. The molecule has 0 saturated heterocycles. The van der Waals surface area contributed by atoms with Crippen LogP contribution in [-0.4, -0.2) is 15.0 Å². The monoisotopic (exact) mass is 509 g/mol. The maximum absolute atomic E-state index is 13.4. The molecule has 4 rings (SSSR count). The molecule has 0 aliphatic carbocycles. The van der Waals surface area contributed by atoms with Gasteiger partial charge in [-0.2, -0.15) is 0 Å². The SMILES string of the molecule is O=c1[nH]c(Cc2ccc(-c3cc(F)cc(F)c3)nc2)nc2c(I)cc(Cl)cc12. The van der Waals surface area contributed by atoms with Gasteiger partial charge in [-0.15, -0.1) is 0 Å². The number of aromatic nitrogens is 3. The molecule has 0 aliphatic heterocycles. The van der Waals surface area contributed by atoms with Gasteiger partial charge < -0.3 is 4.98 Å². The minimum atomic E-state index is -0.659. The molecule has 0 saturated carbocycles. The third kappa shape index (κ3) is 3.90. The van der Waals surface area contributed by atoms with Crippen LogP contribution in [0, 0.1) is 15.2 Å². The van der Waals surface area contributed by atoms with E-state index in [0.717, 1.165) is 15.2 Å². The number of nitrogens with zero attached hydrogens (tertiary/aromatic N) is 2. The quantitative estimate of drug-likeness (QED) is 0.391.